The molecule has 1 aromatic rings. The maximum atomic E-state index is 13.1. The van der Waals surface area contributed by atoms with E-state index in [9.17, 15) is 9.59 Å². The van der Waals surface area contributed by atoms with Crippen LogP contribution >= 0.6 is 11.6 Å². The molecule has 2 aliphatic heterocycles. The molecule has 0 aromatic heterocycles. The van der Waals surface area contributed by atoms with Crippen molar-refractivity contribution in [3.8, 4) is 5.75 Å². The number of ether oxygens (including phenoxy) is 2. The van der Waals surface area contributed by atoms with Crippen molar-refractivity contribution >= 4 is 29.6 Å². The topological polar surface area (TPSA) is 55.8 Å². The first kappa shape index (κ1) is 18.4. The Morgan fingerprint density at radius 3 is 2.85 bits per heavy atom. The van der Waals surface area contributed by atoms with Gasteiger partial charge in [0.15, 0.2) is 6.10 Å². The molecule has 1 aromatic carbocycles. The second-order valence-corrected chi connectivity index (χ2v) is 8.02. The smallest absolute Gasteiger partial charge is 0.328 e. The Morgan fingerprint density at radius 2 is 2.11 bits per heavy atom. The van der Waals surface area contributed by atoms with Gasteiger partial charge in [0.25, 0.3) is 5.91 Å². The third-order valence-electron chi connectivity index (χ3n) is 5.92. The first-order chi connectivity index (χ1) is 13.1. The van der Waals surface area contributed by atoms with Gasteiger partial charge in [-0.15, -0.1) is 0 Å². The van der Waals surface area contributed by atoms with Crippen LogP contribution < -0.4 is 4.74 Å². The summed E-state index contributed by atoms with van der Waals surface area (Å²) in [6.45, 7) is 0.376. The lowest BCUT2D eigenvalue weighted by molar-refractivity contribution is -0.153. The van der Waals surface area contributed by atoms with Gasteiger partial charge in [-0.1, -0.05) is 49.8 Å². The number of fused-ring (bicyclic) bond motifs is 2. The molecule has 1 amide bonds. The van der Waals surface area contributed by atoms with Crippen molar-refractivity contribution < 1.29 is 19.1 Å². The SMILES string of the molecule is COC(=O)C(CC1CCCCC1)N1CC2=Cc3c(Cl)cccc3O[C@@H]2C1=O. The third-order valence-corrected chi connectivity index (χ3v) is 6.24. The molecule has 2 heterocycles. The van der Waals surface area contributed by atoms with Crippen molar-refractivity contribution in [2.24, 2.45) is 5.92 Å². The van der Waals surface area contributed by atoms with Crippen LogP contribution in [0.3, 0.4) is 0 Å². The Hall–Kier alpha value is -2.01. The highest BCUT2D eigenvalue weighted by molar-refractivity contribution is 6.32. The van der Waals surface area contributed by atoms with E-state index >= 15 is 0 Å². The Labute approximate surface area is 164 Å². The summed E-state index contributed by atoms with van der Waals surface area (Å²) in [6.07, 6.45) is 7.77. The number of likely N-dealkylation sites (tertiary alicyclic amines) is 1. The van der Waals surface area contributed by atoms with Crippen molar-refractivity contribution in [3.05, 3.63) is 34.4 Å². The number of carbonyl (C=O) groups excluding carboxylic acids is 2. The first-order valence-corrected chi connectivity index (χ1v) is 10.00. The fraction of sp³-hybridized carbons (Fsp3) is 0.524. The molecule has 3 aliphatic rings. The summed E-state index contributed by atoms with van der Waals surface area (Å²) in [5.74, 6) is 0.551. The molecule has 1 saturated heterocycles. The second kappa shape index (κ2) is 7.55. The van der Waals surface area contributed by atoms with E-state index < -0.39 is 12.1 Å². The number of rotatable bonds is 4. The van der Waals surface area contributed by atoms with E-state index in [4.69, 9.17) is 21.1 Å². The minimum absolute atomic E-state index is 0.168. The zero-order valence-corrected chi connectivity index (χ0v) is 16.2. The Bertz CT molecular complexity index is 784. The zero-order valence-electron chi connectivity index (χ0n) is 15.4. The Morgan fingerprint density at radius 1 is 1.33 bits per heavy atom. The number of amides is 1. The molecule has 27 heavy (non-hydrogen) atoms. The van der Waals surface area contributed by atoms with Crippen molar-refractivity contribution in [1.82, 2.24) is 4.90 Å². The summed E-state index contributed by atoms with van der Waals surface area (Å²) >= 11 is 6.27. The quantitative estimate of drug-likeness (QED) is 0.734. The molecule has 0 spiro atoms. The maximum Gasteiger partial charge on any atom is 0.328 e. The molecule has 0 N–H and O–H groups in total. The molecule has 2 atom stereocenters. The van der Waals surface area contributed by atoms with Gasteiger partial charge in [-0.25, -0.2) is 4.79 Å². The number of methoxy groups -OCH3 is 1. The van der Waals surface area contributed by atoms with E-state index in [1.807, 2.05) is 12.1 Å². The van der Waals surface area contributed by atoms with Gasteiger partial charge in [0, 0.05) is 12.1 Å². The highest BCUT2D eigenvalue weighted by Crippen LogP contribution is 2.39. The van der Waals surface area contributed by atoms with Crippen LogP contribution in [-0.2, 0) is 14.3 Å². The molecule has 144 valence electrons. The van der Waals surface area contributed by atoms with Gasteiger partial charge in [0.2, 0.25) is 0 Å². The summed E-state index contributed by atoms with van der Waals surface area (Å²) in [5.41, 5.74) is 1.64. The maximum absolute atomic E-state index is 13.1. The number of carbonyl (C=O) groups is 2. The van der Waals surface area contributed by atoms with Crippen molar-refractivity contribution in [2.75, 3.05) is 13.7 Å². The van der Waals surface area contributed by atoms with Gasteiger partial charge in [0.1, 0.15) is 11.8 Å². The van der Waals surface area contributed by atoms with Gasteiger partial charge in [-0.2, -0.15) is 0 Å². The molecule has 0 radical (unpaired) electrons. The van der Waals surface area contributed by atoms with Crippen LogP contribution in [0.15, 0.2) is 23.8 Å². The minimum Gasteiger partial charge on any atom is -0.475 e. The predicted molar refractivity (Wildman–Crippen MR) is 103 cm³/mol. The van der Waals surface area contributed by atoms with E-state index in [1.165, 1.54) is 26.4 Å². The lowest BCUT2D eigenvalue weighted by Gasteiger charge is -2.30. The Balaban J connectivity index is 1.58. The summed E-state index contributed by atoms with van der Waals surface area (Å²) in [7, 11) is 1.38. The number of esters is 1. The first-order valence-electron chi connectivity index (χ1n) is 9.62. The van der Waals surface area contributed by atoms with Crippen LogP contribution in [-0.4, -0.2) is 42.6 Å². The molecule has 6 heteroatoms. The lowest BCUT2D eigenvalue weighted by atomic mass is 9.84. The molecule has 1 unspecified atom stereocenters. The van der Waals surface area contributed by atoms with Crippen molar-refractivity contribution in [3.63, 3.8) is 0 Å². The van der Waals surface area contributed by atoms with Gasteiger partial charge in [0.05, 0.1) is 12.1 Å². The molecular formula is C21H24ClNO4. The van der Waals surface area contributed by atoms with Crippen LogP contribution in [0.4, 0.5) is 0 Å². The van der Waals surface area contributed by atoms with Crippen LogP contribution in [0.1, 0.15) is 44.1 Å². The highest BCUT2D eigenvalue weighted by atomic mass is 35.5. The van der Waals surface area contributed by atoms with E-state index in [0.29, 0.717) is 29.7 Å². The fourth-order valence-electron chi connectivity index (χ4n) is 4.48. The van der Waals surface area contributed by atoms with E-state index in [1.54, 1.807) is 17.0 Å². The average Bonchev–Trinajstić information content (AvgIpc) is 3.01. The number of nitrogens with zero attached hydrogens (tertiary/aromatic N) is 1. The van der Waals surface area contributed by atoms with E-state index in [2.05, 4.69) is 0 Å². The van der Waals surface area contributed by atoms with Gasteiger partial charge >= 0.3 is 5.97 Å². The summed E-state index contributed by atoms with van der Waals surface area (Å²) in [4.78, 5) is 27.2. The van der Waals surface area contributed by atoms with Crippen LogP contribution in [0.2, 0.25) is 5.02 Å². The molecular weight excluding hydrogens is 366 g/mol. The van der Waals surface area contributed by atoms with Crippen LogP contribution in [0.5, 0.6) is 5.75 Å². The standard InChI is InChI=1S/C21H24ClNO4/c1-26-21(25)17(10-13-6-3-2-4-7-13)23-12-14-11-15-16(22)8-5-9-18(15)27-19(14)20(23)24/h5,8-9,11,13,17,19H,2-4,6-7,10,12H2,1H3/t17?,19-/m0/s1. The number of hydrogen-bond acceptors (Lipinski definition) is 4. The molecule has 1 aliphatic carbocycles. The number of benzene rings is 1. The number of halogens is 1. The average molecular weight is 390 g/mol. The predicted octanol–water partition coefficient (Wildman–Crippen LogP) is 3.84. The summed E-state index contributed by atoms with van der Waals surface area (Å²) in [6, 6.07) is 4.86. The minimum atomic E-state index is -0.672. The molecule has 2 fully saturated rings. The molecule has 0 bridgehead atoms. The van der Waals surface area contributed by atoms with Crippen LogP contribution in [0, 0.1) is 5.92 Å². The molecule has 5 nitrogen and oxygen atoms in total. The molecule has 4 rings (SSSR count). The number of hydrogen-bond donors (Lipinski definition) is 0. The molecule has 1 saturated carbocycles. The fourth-order valence-corrected chi connectivity index (χ4v) is 4.70. The van der Waals surface area contributed by atoms with Crippen LogP contribution in [0.25, 0.3) is 6.08 Å². The summed E-state index contributed by atoms with van der Waals surface area (Å²) in [5, 5.41) is 0.594. The highest BCUT2D eigenvalue weighted by Gasteiger charge is 2.45. The van der Waals surface area contributed by atoms with Gasteiger partial charge < -0.3 is 14.4 Å². The zero-order chi connectivity index (χ0) is 19.0. The largest absolute Gasteiger partial charge is 0.475 e. The van der Waals surface area contributed by atoms with E-state index in [-0.39, 0.29) is 11.9 Å². The van der Waals surface area contributed by atoms with E-state index in [0.717, 1.165) is 24.0 Å². The lowest BCUT2D eigenvalue weighted by Crippen LogP contribution is -2.46. The normalized spacial score (nSPS) is 23.2. The summed E-state index contributed by atoms with van der Waals surface area (Å²) < 4.78 is 11.0. The van der Waals surface area contributed by atoms with Crippen molar-refractivity contribution in [2.45, 2.75) is 50.7 Å². The second-order valence-electron chi connectivity index (χ2n) is 7.61. The monoisotopic (exact) mass is 389 g/mol. The Kier molecular flexibility index (Phi) is 5.13. The van der Waals surface area contributed by atoms with Gasteiger partial charge in [-0.05, 0) is 36.1 Å². The van der Waals surface area contributed by atoms with Gasteiger partial charge in [-0.3, -0.25) is 4.79 Å². The van der Waals surface area contributed by atoms with Crippen molar-refractivity contribution in [1.29, 1.82) is 0 Å². The third kappa shape index (κ3) is 3.45.